The van der Waals surface area contributed by atoms with E-state index in [0.29, 0.717) is 12.1 Å². The molecule has 2 aromatic rings. The lowest BCUT2D eigenvalue weighted by atomic mass is 9.96. The normalized spacial score (nSPS) is 14.6. The summed E-state index contributed by atoms with van der Waals surface area (Å²) in [5.41, 5.74) is 1.69. The molecule has 2 amide bonds. The van der Waals surface area contributed by atoms with Gasteiger partial charge in [-0.25, -0.2) is 4.39 Å². The van der Waals surface area contributed by atoms with E-state index in [2.05, 4.69) is 21.2 Å². The van der Waals surface area contributed by atoms with Crippen molar-refractivity contribution in [2.45, 2.75) is 24.8 Å². The van der Waals surface area contributed by atoms with Crippen LogP contribution in [0, 0.1) is 5.82 Å². The van der Waals surface area contributed by atoms with E-state index in [4.69, 9.17) is 0 Å². The van der Waals surface area contributed by atoms with Crippen molar-refractivity contribution in [3.05, 3.63) is 69.9 Å². The van der Waals surface area contributed by atoms with Gasteiger partial charge in [0.2, 0.25) is 0 Å². The highest BCUT2D eigenvalue weighted by atomic mass is 79.9. The number of halogens is 2. The Labute approximate surface area is 160 Å². The van der Waals surface area contributed by atoms with Crippen molar-refractivity contribution in [1.82, 2.24) is 10.2 Å². The fourth-order valence-corrected chi connectivity index (χ4v) is 3.77. The van der Waals surface area contributed by atoms with Crippen molar-refractivity contribution in [2.24, 2.45) is 0 Å². The average molecular weight is 419 g/mol. The molecule has 3 rings (SSSR count). The molecule has 0 spiro atoms. The van der Waals surface area contributed by atoms with Crippen LogP contribution >= 0.6 is 15.9 Å². The number of rotatable bonds is 5. The first kappa shape index (κ1) is 18.6. The lowest BCUT2D eigenvalue weighted by molar-refractivity contribution is -0.145. The van der Waals surface area contributed by atoms with Crippen LogP contribution in [0.3, 0.4) is 0 Å². The Hall–Kier alpha value is -2.21. The fourth-order valence-electron chi connectivity index (χ4n) is 3.06. The molecule has 1 saturated carbocycles. The van der Waals surface area contributed by atoms with Gasteiger partial charge in [0, 0.05) is 30.0 Å². The second-order valence-corrected chi connectivity index (χ2v) is 7.59. The highest BCUT2D eigenvalue weighted by Gasteiger charge is 2.45. The molecule has 0 saturated heterocycles. The molecule has 4 nitrogen and oxygen atoms in total. The van der Waals surface area contributed by atoms with E-state index in [1.54, 1.807) is 12.1 Å². The van der Waals surface area contributed by atoms with E-state index in [9.17, 15) is 14.0 Å². The summed E-state index contributed by atoms with van der Waals surface area (Å²) in [4.78, 5) is 25.8. The summed E-state index contributed by atoms with van der Waals surface area (Å²) in [5, 5.41) is 2.76. The van der Waals surface area contributed by atoms with E-state index in [0.717, 1.165) is 22.9 Å². The number of carbonyl (C=O) groups is 2. The first-order valence-corrected chi connectivity index (χ1v) is 9.23. The van der Waals surface area contributed by atoms with Gasteiger partial charge < -0.3 is 10.2 Å². The number of nitrogens with one attached hydrogen (secondary N) is 1. The molecule has 0 bridgehead atoms. The summed E-state index contributed by atoms with van der Waals surface area (Å²) >= 11 is 3.56. The predicted molar refractivity (Wildman–Crippen MR) is 101 cm³/mol. The Kier molecular flexibility index (Phi) is 5.41. The van der Waals surface area contributed by atoms with Crippen LogP contribution in [0.1, 0.15) is 24.0 Å². The molecular formula is C20H20BrFN2O2. The van der Waals surface area contributed by atoms with E-state index in [-0.39, 0.29) is 17.8 Å². The Morgan fingerprint density at radius 2 is 1.92 bits per heavy atom. The molecule has 0 aromatic heterocycles. The van der Waals surface area contributed by atoms with Crippen LogP contribution in [-0.2, 0) is 21.5 Å². The van der Waals surface area contributed by atoms with Gasteiger partial charge in [-0.05, 0) is 42.2 Å². The number of hydrogen-bond donors (Lipinski definition) is 1. The lowest BCUT2D eigenvalue weighted by Gasteiger charge is -2.20. The van der Waals surface area contributed by atoms with Gasteiger partial charge in [-0.2, -0.15) is 0 Å². The molecule has 1 fully saturated rings. The van der Waals surface area contributed by atoms with Crippen LogP contribution < -0.4 is 5.32 Å². The van der Waals surface area contributed by atoms with Crippen molar-refractivity contribution >= 4 is 27.7 Å². The van der Waals surface area contributed by atoms with Gasteiger partial charge in [0.1, 0.15) is 5.82 Å². The van der Waals surface area contributed by atoms with Crippen molar-refractivity contribution in [3.63, 3.8) is 0 Å². The zero-order chi connectivity index (χ0) is 18.7. The minimum Gasteiger partial charge on any atom is -0.347 e. The molecule has 1 aliphatic rings. The van der Waals surface area contributed by atoms with E-state index >= 15 is 0 Å². The summed E-state index contributed by atoms with van der Waals surface area (Å²) in [6.07, 6.45) is 1.95. The highest BCUT2D eigenvalue weighted by Crippen LogP contribution is 2.49. The summed E-state index contributed by atoms with van der Waals surface area (Å²) in [7, 11) is 1.54. The van der Waals surface area contributed by atoms with Crippen LogP contribution in [0.25, 0.3) is 0 Å². The van der Waals surface area contributed by atoms with Crippen molar-refractivity contribution in [1.29, 1.82) is 0 Å². The molecular weight excluding hydrogens is 399 g/mol. The molecule has 136 valence electrons. The summed E-state index contributed by atoms with van der Waals surface area (Å²) in [6.45, 7) is 0.605. The molecule has 1 N–H and O–H groups in total. The van der Waals surface area contributed by atoms with Crippen LogP contribution in [0.4, 0.5) is 4.39 Å². The second-order valence-electron chi connectivity index (χ2n) is 6.73. The van der Waals surface area contributed by atoms with Crippen molar-refractivity contribution in [3.8, 4) is 0 Å². The monoisotopic (exact) mass is 418 g/mol. The third-order valence-electron chi connectivity index (χ3n) is 4.74. The molecule has 0 atom stereocenters. The van der Waals surface area contributed by atoms with Gasteiger partial charge in [-0.3, -0.25) is 9.59 Å². The number of likely N-dealkylation sites (N-methyl/N-ethyl adjacent to an activating group) is 1. The summed E-state index contributed by atoms with van der Waals surface area (Å²) in [5.74, 6) is -1.63. The molecule has 0 aliphatic heterocycles. The third-order valence-corrected chi connectivity index (χ3v) is 5.43. The SMILES string of the molecule is CN(Cc1cccc(F)c1)C(=O)C(=O)NCC1(c2ccccc2Br)CC1. The maximum absolute atomic E-state index is 13.2. The van der Waals surface area contributed by atoms with Gasteiger partial charge in [0.05, 0.1) is 0 Å². The largest absolute Gasteiger partial charge is 0.347 e. The number of benzene rings is 2. The number of amides is 2. The van der Waals surface area contributed by atoms with Gasteiger partial charge in [0.15, 0.2) is 0 Å². The van der Waals surface area contributed by atoms with E-state index in [1.165, 1.54) is 24.1 Å². The first-order valence-electron chi connectivity index (χ1n) is 8.44. The van der Waals surface area contributed by atoms with Gasteiger partial charge >= 0.3 is 11.8 Å². The number of nitrogens with zero attached hydrogens (tertiary/aromatic N) is 1. The average Bonchev–Trinajstić information content (AvgIpc) is 3.40. The maximum atomic E-state index is 13.2. The Morgan fingerprint density at radius 3 is 2.58 bits per heavy atom. The molecule has 0 radical (unpaired) electrons. The van der Waals surface area contributed by atoms with E-state index < -0.39 is 11.8 Å². The summed E-state index contributed by atoms with van der Waals surface area (Å²) < 4.78 is 14.3. The molecule has 6 heteroatoms. The van der Waals surface area contributed by atoms with Gasteiger partial charge in [-0.1, -0.05) is 46.3 Å². The summed E-state index contributed by atoms with van der Waals surface area (Å²) in [6, 6.07) is 13.9. The second kappa shape index (κ2) is 7.58. The number of hydrogen-bond acceptors (Lipinski definition) is 2. The van der Waals surface area contributed by atoms with Gasteiger partial charge in [-0.15, -0.1) is 0 Å². The number of carbonyl (C=O) groups excluding carboxylic acids is 2. The Balaban J connectivity index is 1.58. The van der Waals surface area contributed by atoms with Crippen molar-refractivity contribution < 1.29 is 14.0 Å². The maximum Gasteiger partial charge on any atom is 0.311 e. The zero-order valence-corrected chi connectivity index (χ0v) is 16.1. The zero-order valence-electron chi connectivity index (χ0n) is 14.5. The Bertz CT molecular complexity index is 836. The molecule has 2 aromatic carbocycles. The van der Waals surface area contributed by atoms with Crippen LogP contribution in [-0.4, -0.2) is 30.3 Å². The smallest absolute Gasteiger partial charge is 0.311 e. The topological polar surface area (TPSA) is 49.4 Å². The van der Waals surface area contributed by atoms with E-state index in [1.807, 2.05) is 24.3 Å². The van der Waals surface area contributed by atoms with Crippen molar-refractivity contribution in [2.75, 3.05) is 13.6 Å². The molecule has 0 unspecified atom stereocenters. The minimum atomic E-state index is -0.637. The minimum absolute atomic E-state index is 0.100. The molecule has 1 aliphatic carbocycles. The standard InChI is InChI=1S/C20H20BrFN2O2/c1-24(12-14-5-4-6-15(22)11-14)19(26)18(25)23-13-20(9-10-20)16-7-2-3-8-17(16)21/h2-8,11H,9-10,12-13H2,1H3,(H,23,25). The van der Waals surface area contributed by atoms with Crippen LogP contribution in [0.15, 0.2) is 53.0 Å². The highest BCUT2D eigenvalue weighted by molar-refractivity contribution is 9.10. The third kappa shape index (κ3) is 4.12. The van der Waals surface area contributed by atoms with Crippen LogP contribution in [0.5, 0.6) is 0 Å². The predicted octanol–water partition coefficient (Wildman–Crippen LogP) is 3.39. The van der Waals surface area contributed by atoms with Gasteiger partial charge in [0.25, 0.3) is 0 Å². The molecule has 0 heterocycles. The molecule has 26 heavy (non-hydrogen) atoms. The lowest BCUT2D eigenvalue weighted by Crippen LogP contribution is -2.43. The fraction of sp³-hybridized carbons (Fsp3) is 0.300. The quantitative estimate of drug-likeness (QED) is 0.756. The van der Waals surface area contributed by atoms with Crippen LogP contribution in [0.2, 0.25) is 0 Å². The first-order chi connectivity index (χ1) is 12.4. The Morgan fingerprint density at radius 1 is 1.19 bits per heavy atom.